The number of fused-ring (bicyclic) bond motifs is 1. The van der Waals surface area contributed by atoms with E-state index in [9.17, 15) is 9.59 Å². The van der Waals surface area contributed by atoms with Crippen molar-refractivity contribution >= 4 is 22.8 Å². The fraction of sp³-hybridized carbons (Fsp3) is 0.174. The van der Waals surface area contributed by atoms with E-state index >= 15 is 0 Å². The third kappa shape index (κ3) is 5.11. The quantitative estimate of drug-likeness (QED) is 0.384. The molecular weight excluding hydrogens is 392 g/mol. The predicted molar refractivity (Wildman–Crippen MR) is 116 cm³/mol. The summed E-state index contributed by atoms with van der Waals surface area (Å²) in [6.07, 6.45) is 5.14. The highest BCUT2D eigenvalue weighted by Crippen LogP contribution is 2.22. The normalized spacial score (nSPS) is 11.7. The fourth-order valence-electron chi connectivity index (χ4n) is 3.26. The Balaban J connectivity index is 1.38. The minimum atomic E-state index is -0.393. The van der Waals surface area contributed by atoms with Gasteiger partial charge in [0.25, 0.3) is 5.91 Å². The van der Waals surface area contributed by atoms with E-state index in [0.717, 1.165) is 16.6 Å². The van der Waals surface area contributed by atoms with E-state index in [1.165, 1.54) is 18.6 Å². The van der Waals surface area contributed by atoms with Crippen LogP contribution >= 0.6 is 0 Å². The summed E-state index contributed by atoms with van der Waals surface area (Å²) >= 11 is 0. The Bertz CT molecular complexity index is 1130. The number of hydrogen-bond acceptors (Lipinski definition) is 5. The SMILES string of the molecule is O=C(CCCNC(=O)c1cnccn1)N[C@H](c1ccccc1)c1nc2ccccc2[nH]1. The second-order valence-electron chi connectivity index (χ2n) is 7.00. The number of aromatic amines is 1. The number of benzene rings is 2. The smallest absolute Gasteiger partial charge is 0.271 e. The molecule has 0 aliphatic heterocycles. The van der Waals surface area contributed by atoms with Crippen molar-refractivity contribution in [3.8, 4) is 0 Å². The lowest BCUT2D eigenvalue weighted by molar-refractivity contribution is -0.121. The number of nitrogens with one attached hydrogen (secondary N) is 3. The van der Waals surface area contributed by atoms with Crippen LogP contribution in [0.25, 0.3) is 11.0 Å². The fourth-order valence-corrected chi connectivity index (χ4v) is 3.26. The summed E-state index contributed by atoms with van der Waals surface area (Å²) in [6.45, 7) is 0.365. The van der Waals surface area contributed by atoms with Crippen LogP contribution in [0.4, 0.5) is 0 Å². The zero-order valence-corrected chi connectivity index (χ0v) is 16.8. The molecule has 4 aromatic rings. The van der Waals surface area contributed by atoms with E-state index in [1.54, 1.807) is 0 Å². The van der Waals surface area contributed by atoms with Gasteiger partial charge in [-0.15, -0.1) is 0 Å². The predicted octanol–water partition coefficient (Wildman–Crippen LogP) is 2.77. The van der Waals surface area contributed by atoms with Crippen LogP contribution in [0.1, 0.15) is 40.8 Å². The molecule has 0 aliphatic carbocycles. The highest BCUT2D eigenvalue weighted by atomic mass is 16.2. The monoisotopic (exact) mass is 414 g/mol. The van der Waals surface area contributed by atoms with Crippen LogP contribution in [-0.4, -0.2) is 38.3 Å². The number of imidazole rings is 1. The Morgan fingerprint density at radius 2 is 1.81 bits per heavy atom. The van der Waals surface area contributed by atoms with Gasteiger partial charge in [-0.1, -0.05) is 42.5 Å². The van der Waals surface area contributed by atoms with Crippen molar-refractivity contribution in [3.63, 3.8) is 0 Å². The van der Waals surface area contributed by atoms with Crippen LogP contribution in [0.5, 0.6) is 0 Å². The lowest BCUT2D eigenvalue weighted by Gasteiger charge is -2.17. The van der Waals surface area contributed by atoms with E-state index in [0.29, 0.717) is 18.8 Å². The molecule has 156 valence electrons. The maximum atomic E-state index is 12.6. The third-order valence-corrected chi connectivity index (χ3v) is 4.78. The number of amides is 2. The van der Waals surface area contributed by atoms with Crippen LogP contribution in [0.15, 0.2) is 73.2 Å². The third-order valence-electron chi connectivity index (χ3n) is 4.78. The van der Waals surface area contributed by atoms with Gasteiger partial charge in [0.1, 0.15) is 17.6 Å². The lowest BCUT2D eigenvalue weighted by Crippen LogP contribution is -2.31. The van der Waals surface area contributed by atoms with Crippen molar-refractivity contribution in [2.24, 2.45) is 0 Å². The Labute approximate surface area is 179 Å². The first-order chi connectivity index (χ1) is 15.2. The summed E-state index contributed by atoms with van der Waals surface area (Å²) in [5, 5.41) is 5.81. The molecule has 2 amide bonds. The van der Waals surface area contributed by atoms with Gasteiger partial charge in [0.2, 0.25) is 5.91 Å². The highest BCUT2D eigenvalue weighted by Gasteiger charge is 2.20. The van der Waals surface area contributed by atoms with Gasteiger partial charge in [-0.25, -0.2) is 9.97 Å². The Morgan fingerprint density at radius 3 is 2.58 bits per heavy atom. The van der Waals surface area contributed by atoms with Gasteiger partial charge >= 0.3 is 0 Å². The summed E-state index contributed by atoms with van der Waals surface area (Å²) in [5.74, 6) is 0.248. The zero-order valence-electron chi connectivity index (χ0n) is 16.8. The first-order valence-corrected chi connectivity index (χ1v) is 10.0. The molecule has 0 saturated heterocycles. The molecule has 0 aliphatic rings. The second kappa shape index (κ2) is 9.62. The Hall–Kier alpha value is -4.07. The topological polar surface area (TPSA) is 113 Å². The molecule has 4 rings (SSSR count). The molecule has 0 bridgehead atoms. The first-order valence-electron chi connectivity index (χ1n) is 10.0. The van der Waals surface area contributed by atoms with Crippen molar-refractivity contribution in [2.75, 3.05) is 6.54 Å². The van der Waals surface area contributed by atoms with Crippen LogP contribution in [-0.2, 0) is 4.79 Å². The van der Waals surface area contributed by atoms with Crippen molar-refractivity contribution in [2.45, 2.75) is 18.9 Å². The first kappa shape index (κ1) is 20.2. The Kier molecular flexibility index (Phi) is 6.27. The van der Waals surface area contributed by atoms with E-state index in [-0.39, 0.29) is 23.9 Å². The zero-order chi connectivity index (χ0) is 21.5. The lowest BCUT2D eigenvalue weighted by atomic mass is 10.1. The van der Waals surface area contributed by atoms with E-state index in [2.05, 4.69) is 30.6 Å². The molecule has 2 heterocycles. The molecule has 8 heteroatoms. The van der Waals surface area contributed by atoms with Crippen molar-refractivity contribution in [1.29, 1.82) is 0 Å². The molecule has 0 spiro atoms. The maximum Gasteiger partial charge on any atom is 0.271 e. The van der Waals surface area contributed by atoms with E-state index < -0.39 is 6.04 Å². The van der Waals surface area contributed by atoms with Gasteiger partial charge in [0, 0.05) is 25.4 Å². The van der Waals surface area contributed by atoms with E-state index in [4.69, 9.17) is 0 Å². The summed E-state index contributed by atoms with van der Waals surface area (Å²) in [5.41, 5.74) is 2.95. The average Bonchev–Trinajstić information content (AvgIpc) is 3.25. The molecule has 0 unspecified atom stereocenters. The average molecular weight is 414 g/mol. The minimum Gasteiger partial charge on any atom is -0.351 e. The van der Waals surface area contributed by atoms with Gasteiger partial charge in [0.05, 0.1) is 17.2 Å². The van der Waals surface area contributed by atoms with Crippen LogP contribution in [0, 0.1) is 0 Å². The molecule has 2 aromatic carbocycles. The molecule has 8 nitrogen and oxygen atoms in total. The standard InChI is InChI=1S/C23H22N6O2/c30-20(11-6-12-26-23(31)19-15-24-13-14-25-19)29-21(16-7-2-1-3-8-16)22-27-17-9-4-5-10-18(17)28-22/h1-5,7-10,13-15,21H,6,11-12H2,(H,26,31)(H,27,28)(H,29,30)/t21-/m1/s1. The largest absolute Gasteiger partial charge is 0.351 e. The molecular formula is C23H22N6O2. The van der Waals surface area contributed by atoms with Gasteiger partial charge in [-0.2, -0.15) is 0 Å². The molecule has 3 N–H and O–H groups in total. The number of carbonyl (C=O) groups is 2. The second-order valence-corrected chi connectivity index (χ2v) is 7.00. The van der Waals surface area contributed by atoms with Gasteiger partial charge in [-0.05, 0) is 24.1 Å². The summed E-state index contributed by atoms with van der Waals surface area (Å²) in [4.78, 5) is 40.4. The molecule has 31 heavy (non-hydrogen) atoms. The molecule has 2 aromatic heterocycles. The van der Waals surface area contributed by atoms with Gasteiger partial charge < -0.3 is 15.6 Å². The van der Waals surface area contributed by atoms with Crippen LogP contribution in [0.3, 0.4) is 0 Å². The van der Waals surface area contributed by atoms with E-state index in [1.807, 2.05) is 54.6 Å². The number of nitrogens with zero attached hydrogens (tertiary/aromatic N) is 3. The molecule has 1 atom stereocenters. The number of aromatic nitrogens is 4. The van der Waals surface area contributed by atoms with Gasteiger partial charge in [0.15, 0.2) is 0 Å². The summed E-state index contributed by atoms with van der Waals surface area (Å²) in [7, 11) is 0. The Morgan fingerprint density at radius 1 is 1.00 bits per heavy atom. The van der Waals surface area contributed by atoms with Crippen molar-refractivity contribution in [3.05, 3.63) is 90.3 Å². The molecule has 0 fully saturated rings. The number of rotatable bonds is 8. The highest BCUT2D eigenvalue weighted by molar-refractivity contribution is 5.91. The number of hydrogen-bond donors (Lipinski definition) is 3. The maximum absolute atomic E-state index is 12.6. The van der Waals surface area contributed by atoms with Crippen molar-refractivity contribution < 1.29 is 9.59 Å². The van der Waals surface area contributed by atoms with Crippen LogP contribution < -0.4 is 10.6 Å². The number of para-hydroxylation sites is 2. The molecule has 0 saturated carbocycles. The van der Waals surface area contributed by atoms with Crippen molar-refractivity contribution in [1.82, 2.24) is 30.6 Å². The van der Waals surface area contributed by atoms with Crippen LogP contribution in [0.2, 0.25) is 0 Å². The summed E-state index contributed by atoms with van der Waals surface area (Å²) < 4.78 is 0. The minimum absolute atomic E-state index is 0.122. The number of H-pyrrole nitrogens is 1. The van der Waals surface area contributed by atoms with Gasteiger partial charge in [-0.3, -0.25) is 14.6 Å². The number of carbonyl (C=O) groups excluding carboxylic acids is 2. The molecule has 0 radical (unpaired) electrons. The summed E-state index contributed by atoms with van der Waals surface area (Å²) in [6, 6.07) is 17.1.